The second-order valence-corrected chi connectivity index (χ2v) is 19.0. The number of aromatic nitrogens is 1. The van der Waals surface area contributed by atoms with Gasteiger partial charge in [0.2, 0.25) is 0 Å². The van der Waals surface area contributed by atoms with E-state index in [1.807, 2.05) is 0 Å². The van der Waals surface area contributed by atoms with Crippen molar-refractivity contribution in [1.82, 2.24) is 4.57 Å². The maximum atomic E-state index is 7.44. The molecule has 328 valence electrons. The average molecular weight is 893 g/mol. The van der Waals surface area contributed by atoms with Gasteiger partial charge in [0, 0.05) is 44.5 Å². The van der Waals surface area contributed by atoms with E-state index < -0.39 is 5.41 Å². The molecule has 0 saturated carbocycles. The normalized spacial score (nSPS) is 15.4. The van der Waals surface area contributed by atoms with Crippen LogP contribution in [-0.2, 0) is 5.41 Å². The number of allylic oxidation sites excluding steroid dienone is 4. The van der Waals surface area contributed by atoms with Crippen LogP contribution in [0.3, 0.4) is 0 Å². The molecular formula is C67H44N2O. The Balaban J connectivity index is 0.920. The SMILES string of the molecule is C1=CC(n2c3ccccc3c3c4oc5c6c(ccc5c4ccc32)C2(c3ccccc3-c3ccc(N(c4ccccc4)c4ccc(-c5ccc(-c7ccccc7)cc5)cc4)cc32)c2ccccc2-6)=CCC1. The van der Waals surface area contributed by atoms with Crippen LogP contribution in [0.15, 0.2) is 247 Å². The third kappa shape index (κ3) is 5.46. The van der Waals surface area contributed by atoms with Crippen LogP contribution >= 0.6 is 0 Å². The van der Waals surface area contributed by atoms with E-state index in [2.05, 4.69) is 252 Å². The fourth-order valence-corrected chi connectivity index (χ4v) is 12.4. The summed E-state index contributed by atoms with van der Waals surface area (Å²) < 4.78 is 9.86. The number of hydrogen-bond donors (Lipinski definition) is 0. The molecule has 0 fully saturated rings. The van der Waals surface area contributed by atoms with Crippen molar-refractivity contribution in [2.24, 2.45) is 0 Å². The van der Waals surface area contributed by atoms with Crippen LogP contribution in [-0.4, -0.2) is 4.57 Å². The number of anilines is 3. The number of para-hydroxylation sites is 2. The Bertz CT molecular complexity index is 4150. The van der Waals surface area contributed by atoms with E-state index >= 15 is 0 Å². The molecule has 0 bridgehead atoms. The monoisotopic (exact) mass is 892 g/mol. The van der Waals surface area contributed by atoms with Crippen LogP contribution in [0.1, 0.15) is 35.1 Å². The summed E-state index contributed by atoms with van der Waals surface area (Å²) in [4.78, 5) is 2.41. The number of furan rings is 1. The Labute approximate surface area is 406 Å². The molecule has 1 spiro atoms. The van der Waals surface area contributed by atoms with E-state index in [0.717, 1.165) is 57.2 Å². The Kier molecular flexibility index (Phi) is 8.40. The van der Waals surface area contributed by atoms with Gasteiger partial charge in [0.05, 0.1) is 21.8 Å². The van der Waals surface area contributed by atoms with Gasteiger partial charge in [-0.15, -0.1) is 0 Å². The highest BCUT2D eigenvalue weighted by Crippen LogP contribution is 2.65. The first-order valence-electron chi connectivity index (χ1n) is 24.5. The topological polar surface area (TPSA) is 21.3 Å². The largest absolute Gasteiger partial charge is 0.455 e. The van der Waals surface area contributed by atoms with Gasteiger partial charge in [0.1, 0.15) is 11.2 Å². The molecule has 3 heteroatoms. The molecule has 2 aromatic heterocycles. The first-order chi connectivity index (χ1) is 34.7. The minimum absolute atomic E-state index is 0.579. The summed E-state index contributed by atoms with van der Waals surface area (Å²) in [5.41, 5.74) is 23.1. The molecule has 0 N–H and O–H groups in total. The third-order valence-corrected chi connectivity index (χ3v) is 15.4. The first-order valence-corrected chi connectivity index (χ1v) is 24.5. The molecule has 12 aromatic rings. The summed E-state index contributed by atoms with van der Waals surface area (Å²) in [5, 5.41) is 4.65. The fourth-order valence-electron chi connectivity index (χ4n) is 12.4. The lowest BCUT2D eigenvalue weighted by atomic mass is 9.70. The van der Waals surface area contributed by atoms with Crippen molar-refractivity contribution in [1.29, 1.82) is 0 Å². The van der Waals surface area contributed by atoms with Gasteiger partial charge in [0.25, 0.3) is 0 Å². The van der Waals surface area contributed by atoms with Gasteiger partial charge in [-0.2, -0.15) is 0 Å². The van der Waals surface area contributed by atoms with Crippen LogP contribution in [0, 0.1) is 0 Å². The van der Waals surface area contributed by atoms with Crippen molar-refractivity contribution >= 4 is 66.5 Å². The quantitative estimate of drug-likeness (QED) is 0.166. The Morgan fingerprint density at radius 3 is 1.74 bits per heavy atom. The van der Waals surface area contributed by atoms with Crippen LogP contribution in [0.25, 0.3) is 93.9 Å². The van der Waals surface area contributed by atoms with Gasteiger partial charge >= 0.3 is 0 Å². The zero-order chi connectivity index (χ0) is 45.9. The van der Waals surface area contributed by atoms with E-state index in [1.54, 1.807) is 0 Å². The third-order valence-electron chi connectivity index (χ3n) is 15.4. The molecule has 0 aliphatic heterocycles. The van der Waals surface area contributed by atoms with Gasteiger partial charge in [0.15, 0.2) is 0 Å². The van der Waals surface area contributed by atoms with Crippen molar-refractivity contribution < 1.29 is 4.42 Å². The highest BCUT2D eigenvalue weighted by molar-refractivity contribution is 6.25. The Morgan fingerprint density at radius 1 is 0.400 bits per heavy atom. The van der Waals surface area contributed by atoms with Gasteiger partial charge in [-0.3, -0.25) is 0 Å². The minimum Gasteiger partial charge on any atom is -0.455 e. The van der Waals surface area contributed by atoms with E-state index in [4.69, 9.17) is 4.42 Å². The minimum atomic E-state index is -0.579. The first kappa shape index (κ1) is 39.1. The van der Waals surface area contributed by atoms with Crippen molar-refractivity contribution in [3.8, 4) is 44.5 Å². The van der Waals surface area contributed by atoms with Gasteiger partial charge in [-0.05, 0) is 135 Å². The smallest absolute Gasteiger partial charge is 0.145 e. The number of rotatable bonds is 6. The second kappa shape index (κ2) is 15.0. The van der Waals surface area contributed by atoms with Gasteiger partial charge in [-0.25, -0.2) is 0 Å². The standard InChI is InChI=1S/C67H44N2O/c1-4-16-43(17-5-1)44-28-30-45(31-29-44)46-32-34-49(35-33-46)68(47-18-6-2-7-19-47)50-36-37-52-51-22-10-13-25-57(51)67(60(52)42-50)58-26-14-11-23-55(58)63-59(67)40-38-53-54-39-41-62-64(66(54)70-65(53)63)56-24-12-15-27-61(56)69(62)48-20-8-3-9-21-48/h1-2,4-8,10-42H,3,9H2. The summed E-state index contributed by atoms with van der Waals surface area (Å²) in [6.45, 7) is 0. The summed E-state index contributed by atoms with van der Waals surface area (Å²) in [6.07, 6.45) is 9.04. The Hall–Kier alpha value is -8.92. The van der Waals surface area contributed by atoms with E-state index in [0.29, 0.717) is 0 Å². The van der Waals surface area contributed by atoms with Crippen molar-refractivity contribution in [2.45, 2.75) is 18.3 Å². The molecule has 1 unspecified atom stereocenters. The molecule has 0 saturated heterocycles. The highest BCUT2D eigenvalue weighted by atomic mass is 16.3. The maximum absolute atomic E-state index is 7.44. The fraction of sp³-hybridized carbons (Fsp3) is 0.0448. The number of fused-ring (bicyclic) bond motifs is 18. The van der Waals surface area contributed by atoms with Crippen LogP contribution in [0.5, 0.6) is 0 Å². The number of nitrogens with zero attached hydrogens (tertiary/aromatic N) is 2. The number of benzene rings is 10. The van der Waals surface area contributed by atoms with Crippen LogP contribution < -0.4 is 4.90 Å². The molecule has 3 aliphatic rings. The van der Waals surface area contributed by atoms with Gasteiger partial charge in [-0.1, -0.05) is 182 Å². The van der Waals surface area contributed by atoms with E-state index in [9.17, 15) is 0 Å². The second-order valence-electron chi connectivity index (χ2n) is 19.0. The molecule has 70 heavy (non-hydrogen) atoms. The van der Waals surface area contributed by atoms with Crippen molar-refractivity contribution in [3.05, 3.63) is 265 Å². The van der Waals surface area contributed by atoms with E-state index in [1.165, 1.54) is 88.9 Å². The molecule has 3 nitrogen and oxygen atoms in total. The molecule has 2 heterocycles. The summed E-state index contributed by atoms with van der Waals surface area (Å²) >= 11 is 0. The molecule has 1 atom stereocenters. The molecule has 0 amide bonds. The lowest BCUT2D eigenvalue weighted by molar-refractivity contribution is 0.673. The lowest BCUT2D eigenvalue weighted by Crippen LogP contribution is -2.26. The number of hydrogen-bond acceptors (Lipinski definition) is 2. The summed E-state index contributed by atoms with van der Waals surface area (Å²) in [5.74, 6) is 0. The lowest BCUT2D eigenvalue weighted by Gasteiger charge is -2.32. The van der Waals surface area contributed by atoms with E-state index in [-0.39, 0.29) is 0 Å². The Morgan fingerprint density at radius 2 is 0.986 bits per heavy atom. The predicted molar refractivity (Wildman–Crippen MR) is 291 cm³/mol. The summed E-state index contributed by atoms with van der Waals surface area (Å²) in [7, 11) is 0. The zero-order valence-electron chi connectivity index (χ0n) is 38.3. The molecule has 3 aliphatic carbocycles. The van der Waals surface area contributed by atoms with Crippen molar-refractivity contribution in [2.75, 3.05) is 4.90 Å². The van der Waals surface area contributed by atoms with Gasteiger partial charge < -0.3 is 13.9 Å². The molecular weight excluding hydrogens is 849 g/mol. The molecule has 15 rings (SSSR count). The highest BCUT2D eigenvalue weighted by Gasteiger charge is 2.52. The summed E-state index contributed by atoms with van der Waals surface area (Å²) in [6, 6.07) is 82.7. The van der Waals surface area contributed by atoms with Crippen molar-refractivity contribution in [3.63, 3.8) is 0 Å². The van der Waals surface area contributed by atoms with Crippen LogP contribution in [0.4, 0.5) is 17.1 Å². The maximum Gasteiger partial charge on any atom is 0.145 e. The predicted octanol–water partition coefficient (Wildman–Crippen LogP) is 18.0. The molecule has 0 radical (unpaired) electrons. The molecule has 10 aromatic carbocycles. The van der Waals surface area contributed by atoms with Crippen LogP contribution in [0.2, 0.25) is 0 Å². The zero-order valence-corrected chi connectivity index (χ0v) is 38.3. The average Bonchev–Trinajstić information content (AvgIpc) is 4.16.